The zero-order valence-corrected chi connectivity index (χ0v) is 20.0. The Hall–Kier alpha value is -2.58. The Bertz CT molecular complexity index is 1200. The molecule has 0 bridgehead atoms. The van der Waals surface area contributed by atoms with Crippen molar-refractivity contribution in [3.63, 3.8) is 0 Å². The summed E-state index contributed by atoms with van der Waals surface area (Å²) in [6.07, 6.45) is 0. The molecular weight excluding hydrogens is 453 g/mol. The Balaban J connectivity index is 1.81. The van der Waals surface area contributed by atoms with Crippen LogP contribution in [0.1, 0.15) is 32.4 Å². The van der Waals surface area contributed by atoms with Gasteiger partial charge in [-0.05, 0) is 56.7 Å². The molecule has 3 rings (SSSR count). The van der Waals surface area contributed by atoms with Gasteiger partial charge in [0.05, 0.1) is 23.8 Å². The number of amides is 1. The second-order valence-corrected chi connectivity index (χ2v) is 8.87. The van der Waals surface area contributed by atoms with Crippen molar-refractivity contribution in [1.82, 2.24) is 14.5 Å². The number of halogens is 2. The minimum atomic E-state index is -0.470. The molecule has 2 aromatic carbocycles. The second kappa shape index (κ2) is 10.4. The van der Waals surface area contributed by atoms with E-state index < -0.39 is 5.82 Å². The number of rotatable bonds is 8. The maximum atomic E-state index is 14.0. The van der Waals surface area contributed by atoms with Gasteiger partial charge < -0.3 is 9.64 Å². The molecule has 9 heteroatoms. The van der Waals surface area contributed by atoms with Crippen molar-refractivity contribution in [2.75, 3.05) is 19.4 Å². The summed E-state index contributed by atoms with van der Waals surface area (Å²) in [5, 5.41) is 1.43. The van der Waals surface area contributed by atoms with E-state index in [1.54, 1.807) is 39.8 Å². The van der Waals surface area contributed by atoms with Gasteiger partial charge in [0, 0.05) is 24.2 Å². The summed E-state index contributed by atoms with van der Waals surface area (Å²) in [6.45, 7) is 6.39. The fourth-order valence-electron chi connectivity index (χ4n) is 3.33. The topological polar surface area (TPSA) is 64.4 Å². The number of benzene rings is 2. The molecule has 0 aliphatic heterocycles. The highest BCUT2D eigenvalue weighted by Gasteiger charge is 2.18. The Morgan fingerprint density at radius 3 is 2.66 bits per heavy atom. The van der Waals surface area contributed by atoms with Crippen LogP contribution in [-0.2, 0) is 11.3 Å². The quantitative estimate of drug-likeness (QED) is 0.340. The Morgan fingerprint density at radius 2 is 2.03 bits per heavy atom. The van der Waals surface area contributed by atoms with Crippen LogP contribution in [0.5, 0.6) is 5.75 Å². The summed E-state index contributed by atoms with van der Waals surface area (Å²) in [5.74, 6) is -0.349. The lowest BCUT2D eigenvalue weighted by molar-refractivity contribution is -0.128. The zero-order valence-electron chi connectivity index (χ0n) is 18.4. The van der Waals surface area contributed by atoms with Crippen LogP contribution in [0.2, 0.25) is 5.02 Å². The van der Waals surface area contributed by atoms with Crippen molar-refractivity contribution >= 4 is 40.2 Å². The van der Waals surface area contributed by atoms with Gasteiger partial charge in [-0.1, -0.05) is 29.4 Å². The normalized spacial score (nSPS) is 11.2. The first-order chi connectivity index (χ1) is 15.2. The van der Waals surface area contributed by atoms with Gasteiger partial charge in [-0.2, -0.15) is 0 Å². The SMILES string of the molecule is CCN(Cc1ccc(OC)c(F)c1)C(=O)CSc1nc2cc(Cl)ccc2c(=O)n1C(C)C. The third-order valence-corrected chi connectivity index (χ3v) is 6.17. The molecule has 0 saturated carbocycles. The van der Waals surface area contributed by atoms with Crippen molar-refractivity contribution in [1.29, 1.82) is 0 Å². The lowest BCUT2D eigenvalue weighted by Gasteiger charge is -2.22. The van der Waals surface area contributed by atoms with Crippen LogP contribution >= 0.6 is 23.4 Å². The fraction of sp³-hybridized carbons (Fsp3) is 0.348. The van der Waals surface area contributed by atoms with Gasteiger partial charge in [0.25, 0.3) is 5.56 Å². The molecule has 1 aromatic heterocycles. The highest BCUT2D eigenvalue weighted by atomic mass is 35.5. The van der Waals surface area contributed by atoms with Gasteiger partial charge in [0.15, 0.2) is 16.7 Å². The summed E-state index contributed by atoms with van der Waals surface area (Å²) < 4.78 is 20.5. The molecule has 0 N–H and O–H groups in total. The number of nitrogens with zero attached hydrogens (tertiary/aromatic N) is 3. The number of hydrogen-bond acceptors (Lipinski definition) is 5. The van der Waals surface area contributed by atoms with E-state index in [4.69, 9.17) is 16.3 Å². The number of aromatic nitrogens is 2. The molecule has 0 atom stereocenters. The minimum Gasteiger partial charge on any atom is -0.494 e. The molecule has 32 heavy (non-hydrogen) atoms. The first-order valence-electron chi connectivity index (χ1n) is 10.2. The highest BCUT2D eigenvalue weighted by molar-refractivity contribution is 7.99. The van der Waals surface area contributed by atoms with E-state index in [-0.39, 0.29) is 35.6 Å². The smallest absolute Gasteiger partial charge is 0.262 e. The summed E-state index contributed by atoms with van der Waals surface area (Å²) in [4.78, 5) is 32.1. The molecule has 6 nitrogen and oxygen atoms in total. The summed E-state index contributed by atoms with van der Waals surface area (Å²) in [5.41, 5.74) is 0.995. The van der Waals surface area contributed by atoms with Gasteiger partial charge in [-0.15, -0.1) is 0 Å². The molecule has 0 aliphatic carbocycles. The standard InChI is InChI=1S/C23H25ClFN3O3S/c1-5-27(12-15-6-9-20(31-4)18(25)10-15)21(29)13-32-23-26-19-11-16(24)7-8-17(19)22(30)28(23)14(2)3/h6-11,14H,5,12-13H2,1-4H3. The predicted molar refractivity (Wildman–Crippen MR) is 126 cm³/mol. The van der Waals surface area contributed by atoms with Gasteiger partial charge >= 0.3 is 0 Å². The number of methoxy groups -OCH3 is 1. The molecule has 3 aromatic rings. The molecule has 0 fully saturated rings. The monoisotopic (exact) mass is 477 g/mol. The zero-order chi connectivity index (χ0) is 23.4. The Kier molecular flexibility index (Phi) is 7.79. The van der Waals surface area contributed by atoms with Crippen LogP contribution < -0.4 is 10.3 Å². The van der Waals surface area contributed by atoms with Crippen molar-refractivity contribution in [3.8, 4) is 5.75 Å². The number of fused-ring (bicyclic) bond motifs is 1. The number of thioether (sulfide) groups is 1. The van der Waals surface area contributed by atoms with Crippen LogP contribution in [-0.4, -0.2) is 39.8 Å². The van der Waals surface area contributed by atoms with Crippen molar-refractivity contribution in [2.24, 2.45) is 0 Å². The average Bonchev–Trinajstić information content (AvgIpc) is 2.75. The number of ether oxygens (including phenoxy) is 1. The van der Waals surface area contributed by atoms with E-state index >= 15 is 0 Å². The maximum absolute atomic E-state index is 14.0. The summed E-state index contributed by atoms with van der Waals surface area (Å²) >= 11 is 7.28. The van der Waals surface area contributed by atoms with E-state index in [1.165, 1.54) is 24.9 Å². The second-order valence-electron chi connectivity index (χ2n) is 7.49. The predicted octanol–water partition coefficient (Wildman–Crippen LogP) is 4.92. The molecular formula is C23H25ClFN3O3S. The van der Waals surface area contributed by atoms with Crippen LogP contribution in [0.3, 0.4) is 0 Å². The molecule has 0 spiro atoms. The van der Waals surface area contributed by atoms with Gasteiger partial charge in [0.1, 0.15) is 0 Å². The molecule has 170 valence electrons. The lowest BCUT2D eigenvalue weighted by atomic mass is 10.2. The maximum Gasteiger partial charge on any atom is 0.262 e. The van der Waals surface area contributed by atoms with E-state index in [2.05, 4.69) is 4.98 Å². The third-order valence-electron chi connectivity index (χ3n) is 5.00. The first-order valence-corrected chi connectivity index (χ1v) is 11.6. The fourth-order valence-corrected chi connectivity index (χ4v) is 4.53. The molecule has 1 amide bonds. The largest absolute Gasteiger partial charge is 0.494 e. The summed E-state index contributed by atoms with van der Waals surface area (Å²) in [7, 11) is 1.41. The Labute approximate surface area is 195 Å². The number of hydrogen-bond donors (Lipinski definition) is 0. The van der Waals surface area contributed by atoms with Crippen molar-refractivity contribution in [2.45, 2.75) is 38.5 Å². The van der Waals surface area contributed by atoms with Gasteiger partial charge in [-0.25, -0.2) is 9.37 Å². The third kappa shape index (κ3) is 5.24. The van der Waals surface area contributed by atoms with Crippen LogP contribution in [0, 0.1) is 5.82 Å². The molecule has 0 unspecified atom stereocenters. The molecule has 0 aliphatic rings. The highest BCUT2D eigenvalue weighted by Crippen LogP contribution is 2.24. The molecule has 0 saturated heterocycles. The number of carbonyl (C=O) groups excluding carboxylic acids is 1. The van der Waals surface area contributed by atoms with E-state index in [0.29, 0.717) is 33.2 Å². The molecule has 0 radical (unpaired) electrons. The Morgan fingerprint density at radius 1 is 1.28 bits per heavy atom. The summed E-state index contributed by atoms with van der Waals surface area (Å²) in [6, 6.07) is 9.49. The van der Waals surface area contributed by atoms with E-state index in [9.17, 15) is 14.0 Å². The van der Waals surface area contributed by atoms with E-state index in [1.807, 2.05) is 20.8 Å². The van der Waals surface area contributed by atoms with Crippen LogP contribution in [0.25, 0.3) is 10.9 Å². The van der Waals surface area contributed by atoms with Crippen molar-refractivity contribution < 1.29 is 13.9 Å². The molecule has 1 heterocycles. The van der Waals surface area contributed by atoms with E-state index in [0.717, 1.165) is 0 Å². The van der Waals surface area contributed by atoms with Crippen LogP contribution in [0.15, 0.2) is 46.3 Å². The lowest BCUT2D eigenvalue weighted by Crippen LogP contribution is -2.32. The van der Waals surface area contributed by atoms with Gasteiger partial charge in [0.2, 0.25) is 5.91 Å². The van der Waals surface area contributed by atoms with Gasteiger partial charge in [-0.3, -0.25) is 14.2 Å². The average molecular weight is 478 g/mol. The number of carbonyl (C=O) groups is 1. The van der Waals surface area contributed by atoms with Crippen molar-refractivity contribution in [3.05, 3.63) is 63.2 Å². The first kappa shape index (κ1) is 24.1. The van der Waals surface area contributed by atoms with Crippen LogP contribution in [0.4, 0.5) is 4.39 Å². The minimum absolute atomic E-state index is 0.0949.